The molecule has 0 aromatic heterocycles. The van der Waals surface area contributed by atoms with Crippen molar-refractivity contribution in [3.63, 3.8) is 0 Å². The van der Waals surface area contributed by atoms with Crippen LogP contribution in [0.5, 0.6) is 5.75 Å². The Morgan fingerprint density at radius 2 is 2.00 bits per heavy atom. The molecule has 100 valence electrons. The number of hydrogen-bond acceptors (Lipinski definition) is 2. The van der Waals surface area contributed by atoms with Gasteiger partial charge < -0.3 is 10.1 Å². The Morgan fingerprint density at radius 3 is 2.84 bits per heavy atom. The molecule has 0 saturated carbocycles. The minimum Gasteiger partial charge on any atom is -0.494 e. The molecule has 0 bridgehead atoms. The quantitative estimate of drug-likeness (QED) is 0.822. The average molecular weight is 255 g/mol. The summed E-state index contributed by atoms with van der Waals surface area (Å²) in [6.07, 6.45) is 5.02. The van der Waals surface area contributed by atoms with Crippen LogP contribution in [0.1, 0.15) is 25.7 Å². The summed E-state index contributed by atoms with van der Waals surface area (Å²) in [6, 6.07) is 15.4. The van der Waals surface area contributed by atoms with Crippen molar-refractivity contribution in [1.29, 1.82) is 0 Å². The van der Waals surface area contributed by atoms with Crippen LogP contribution in [0.25, 0.3) is 10.8 Å². The van der Waals surface area contributed by atoms with Crippen LogP contribution in [0.3, 0.4) is 0 Å². The summed E-state index contributed by atoms with van der Waals surface area (Å²) < 4.78 is 5.85. The highest BCUT2D eigenvalue weighted by molar-refractivity contribution is 5.83. The standard InChI is InChI=1S/C17H21NO/c1-2-6-15-13-17(10-9-14(15)5-1)19-12-4-8-16-7-3-11-18-16/h1-2,5-6,9-10,13,16,18H,3-4,7-8,11-12H2. The highest BCUT2D eigenvalue weighted by Crippen LogP contribution is 2.21. The van der Waals surface area contributed by atoms with E-state index in [-0.39, 0.29) is 0 Å². The summed E-state index contributed by atoms with van der Waals surface area (Å²) in [5, 5.41) is 6.04. The third-order valence-corrected chi connectivity index (χ3v) is 3.85. The van der Waals surface area contributed by atoms with Gasteiger partial charge in [-0.2, -0.15) is 0 Å². The molecule has 3 rings (SSSR count). The third-order valence-electron chi connectivity index (χ3n) is 3.85. The topological polar surface area (TPSA) is 21.3 Å². The molecule has 0 aliphatic carbocycles. The van der Waals surface area contributed by atoms with E-state index in [1.165, 1.54) is 36.6 Å². The smallest absolute Gasteiger partial charge is 0.119 e. The highest BCUT2D eigenvalue weighted by atomic mass is 16.5. The van der Waals surface area contributed by atoms with Crippen LogP contribution in [0.15, 0.2) is 42.5 Å². The van der Waals surface area contributed by atoms with Gasteiger partial charge >= 0.3 is 0 Å². The molecule has 0 amide bonds. The fourth-order valence-corrected chi connectivity index (χ4v) is 2.78. The minimum atomic E-state index is 0.722. The van der Waals surface area contributed by atoms with Crippen LogP contribution in [-0.4, -0.2) is 19.2 Å². The molecule has 1 atom stereocenters. The average Bonchev–Trinajstić information content (AvgIpc) is 2.97. The minimum absolute atomic E-state index is 0.722. The van der Waals surface area contributed by atoms with E-state index in [1.807, 2.05) is 0 Å². The molecule has 1 saturated heterocycles. The molecule has 2 nitrogen and oxygen atoms in total. The van der Waals surface area contributed by atoms with E-state index in [1.54, 1.807) is 0 Å². The van der Waals surface area contributed by atoms with Crippen LogP contribution in [-0.2, 0) is 0 Å². The zero-order valence-corrected chi connectivity index (χ0v) is 11.3. The Bertz CT molecular complexity index is 532. The van der Waals surface area contributed by atoms with Crippen LogP contribution in [0.4, 0.5) is 0 Å². The summed E-state index contributed by atoms with van der Waals surface area (Å²) >= 11 is 0. The second-order valence-corrected chi connectivity index (χ2v) is 5.29. The molecule has 2 aromatic carbocycles. The van der Waals surface area contributed by atoms with Crippen molar-refractivity contribution >= 4 is 10.8 Å². The monoisotopic (exact) mass is 255 g/mol. The maximum Gasteiger partial charge on any atom is 0.119 e. The lowest BCUT2D eigenvalue weighted by Gasteiger charge is -2.11. The number of rotatable bonds is 5. The molecular formula is C17H21NO. The predicted octanol–water partition coefficient (Wildman–Crippen LogP) is 3.75. The summed E-state index contributed by atoms with van der Waals surface area (Å²) in [4.78, 5) is 0. The van der Waals surface area contributed by atoms with E-state index in [0.29, 0.717) is 0 Å². The van der Waals surface area contributed by atoms with Gasteiger partial charge in [-0.15, -0.1) is 0 Å². The summed E-state index contributed by atoms with van der Waals surface area (Å²) in [7, 11) is 0. The molecule has 2 heteroatoms. The molecule has 1 unspecified atom stereocenters. The van der Waals surface area contributed by atoms with Crippen molar-refractivity contribution < 1.29 is 4.74 Å². The molecule has 1 N–H and O–H groups in total. The zero-order chi connectivity index (χ0) is 12.9. The van der Waals surface area contributed by atoms with Crippen LogP contribution in [0.2, 0.25) is 0 Å². The van der Waals surface area contributed by atoms with Crippen molar-refractivity contribution in [3.05, 3.63) is 42.5 Å². The van der Waals surface area contributed by atoms with Gasteiger partial charge in [0.2, 0.25) is 0 Å². The number of benzene rings is 2. The largest absolute Gasteiger partial charge is 0.494 e. The Kier molecular flexibility index (Phi) is 3.99. The fraction of sp³-hybridized carbons (Fsp3) is 0.412. The van der Waals surface area contributed by atoms with Crippen molar-refractivity contribution in [2.24, 2.45) is 0 Å². The molecule has 1 heterocycles. The lowest BCUT2D eigenvalue weighted by Crippen LogP contribution is -2.21. The van der Waals surface area contributed by atoms with Gasteiger partial charge in [0.25, 0.3) is 0 Å². The van der Waals surface area contributed by atoms with Gasteiger partial charge in [0.05, 0.1) is 6.61 Å². The van der Waals surface area contributed by atoms with E-state index in [0.717, 1.165) is 24.8 Å². The first-order valence-corrected chi connectivity index (χ1v) is 7.27. The van der Waals surface area contributed by atoms with E-state index >= 15 is 0 Å². The van der Waals surface area contributed by atoms with Crippen molar-refractivity contribution in [2.75, 3.05) is 13.2 Å². The summed E-state index contributed by atoms with van der Waals surface area (Å²) in [5.74, 6) is 0.984. The lowest BCUT2D eigenvalue weighted by molar-refractivity contribution is 0.299. The van der Waals surface area contributed by atoms with E-state index in [9.17, 15) is 0 Å². The highest BCUT2D eigenvalue weighted by Gasteiger charge is 2.12. The first-order chi connectivity index (χ1) is 9.42. The number of hydrogen-bond donors (Lipinski definition) is 1. The van der Waals surface area contributed by atoms with Gasteiger partial charge in [-0.25, -0.2) is 0 Å². The molecule has 19 heavy (non-hydrogen) atoms. The lowest BCUT2D eigenvalue weighted by atomic mass is 10.1. The Morgan fingerprint density at radius 1 is 1.11 bits per heavy atom. The van der Waals surface area contributed by atoms with E-state index < -0.39 is 0 Å². The third kappa shape index (κ3) is 3.27. The molecule has 0 radical (unpaired) electrons. The van der Waals surface area contributed by atoms with Crippen molar-refractivity contribution in [2.45, 2.75) is 31.7 Å². The fourth-order valence-electron chi connectivity index (χ4n) is 2.78. The predicted molar refractivity (Wildman–Crippen MR) is 79.7 cm³/mol. The van der Waals surface area contributed by atoms with E-state index in [2.05, 4.69) is 47.8 Å². The zero-order valence-electron chi connectivity index (χ0n) is 11.3. The van der Waals surface area contributed by atoms with Crippen LogP contribution in [0, 0.1) is 0 Å². The maximum atomic E-state index is 5.85. The normalized spacial score (nSPS) is 18.8. The Labute approximate surface area is 114 Å². The number of ether oxygens (including phenoxy) is 1. The molecule has 1 fully saturated rings. The van der Waals surface area contributed by atoms with E-state index in [4.69, 9.17) is 4.74 Å². The molecule has 1 aliphatic rings. The Hall–Kier alpha value is -1.54. The molecule has 1 aliphatic heterocycles. The van der Waals surface area contributed by atoms with Gasteiger partial charge in [-0.3, -0.25) is 0 Å². The van der Waals surface area contributed by atoms with Gasteiger partial charge in [-0.05, 0) is 55.1 Å². The first-order valence-electron chi connectivity index (χ1n) is 7.27. The first kappa shape index (κ1) is 12.5. The number of nitrogens with one attached hydrogen (secondary N) is 1. The van der Waals surface area contributed by atoms with Gasteiger partial charge in [0, 0.05) is 6.04 Å². The Balaban J connectivity index is 1.50. The van der Waals surface area contributed by atoms with Crippen molar-refractivity contribution in [3.8, 4) is 5.75 Å². The second kappa shape index (κ2) is 6.07. The van der Waals surface area contributed by atoms with Crippen LogP contribution >= 0.6 is 0 Å². The molecule has 2 aromatic rings. The molecular weight excluding hydrogens is 234 g/mol. The SMILES string of the molecule is c1ccc2cc(OCCCC3CCCN3)ccc2c1. The number of fused-ring (bicyclic) bond motifs is 1. The summed E-state index contributed by atoms with van der Waals surface area (Å²) in [5.41, 5.74) is 0. The molecule has 0 spiro atoms. The van der Waals surface area contributed by atoms with Crippen molar-refractivity contribution in [1.82, 2.24) is 5.32 Å². The van der Waals surface area contributed by atoms with Gasteiger partial charge in [0.15, 0.2) is 0 Å². The summed E-state index contributed by atoms with van der Waals surface area (Å²) in [6.45, 7) is 2.01. The maximum absolute atomic E-state index is 5.85. The van der Waals surface area contributed by atoms with Gasteiger partial charge in [-0.1, -0.05) is 30.3 Å². The van der Waals surface area contributed by atoms with Gasteiger partial charge in [0.1, 0.15) is 5.75 Å². The second-order valence-electron chi connectivity index (χ2n) is 5.29. The van der Waals surface area contributed by atoms with Crippen LogP contribution < -0.4 is 10.1 Å².